The van der Waals surface area contributed by atoms with E-state index in [4.69, 9.17) is 0 Å². The molecule has 4 rings (SSSR count). The Balaban J connectivity index is 1.28. The van der Waals surface area contributed by atoms with Crippen LogP contribution in [0.25, 0.3) is 10.8 Å². The molecule has 164 valence electrons. The summed E-state index contributed by atoms with van der Waals surface area (Å²) in [6, 6.07) is 11.7. The number of piperazine rings is 1. The van der Waals surface area contributed by atoms with Crippen LogP contribution in [0.5, 0.6) is 0 Å². The molecule has 1 saturated heterocycles. The largest absolute Gasteiger partial charge is 0.416 e. The molecule has 0 spiro atoms. The molecule has 0 radical (unpaired) electrons. The molecule has 2 aromatic carbocycles. The van der Waals surface area contributed by atoms with Gasteiger partial charge in [-0.25, -0.2) is 4.39 Å². The Labute approximate surface area is 177 Å². The van der Waals surface area contributed by atoms with E-state index in [1.54, 1.807) is 12.1 Å². The monoisotopic (exact) mass is 433 g/mol. The lowest BCUT2D eigenvalue weighted by Crippen LogP contribution is -2.46. The Morgan fingerprint density at radius 1 is 0.968 bits per heavy atom. The molecule has 0 aliphatic carbocycles. The van der Waals surface area contributed by atoms with Gasteiger partial charge < -0.3 is 9.88 Å². The number of hydrogen-bond acceptors (Lipinski definition) is 3. The third-order valence-electron chi connectivity index (χ3n) is 5.73. The van der Waals surface area contributed by atoms with Crippen molar-refractivity contribution in [1.29, 1.82) is 0 Å². The van der Waals surface area contributed by atoms with Crippen LogP contribution in [-0.2, 0) is 12.6 Å². The number of aromatic nitrogens is 1. The zero-order valence-electron chi connectivity index (χ0n) is 16.9. The number of halogens is 4. The fourth-order valence-corrected chi connectivity index (χ4v) is 4.05. The van der Waals surface area contributed by atoms with Crippen molar-refractivity contribution < 1.29 is 17.6 Å². The van der Waals surface area contributed by atoms with Crippen molar-refractivity contribution in [1.82, 2.24) is 9.88 Å². The van der Waals surface area contributed by atoms with Gasteiger partial charge in [0, 0.05) is 37.6 Å². The molecule has 0 atom stereocenters. The molecule has 1 fully saturated rings. The maximum Gasteiger partial charge on any atom is 0.416 e. The fourth-order valence-electron chi connectivity index (χ4n) is 4.05. The fraction of sp³-hybridized carbons (Fsp3) is 0.348. The van der Waals surface area contributed by atoms with Crippen molar-refractivity contribution in [2.24, 2.45) is 0 Å². The molecule has 0 unspecified atom stereocenters. The number of aryl methyl sites for hydroxylation is 1. The number of fused-ring (bicyclic) bond motifs is 1. The van der Waals surface area contributed by atoms with Gasteiger partial charge in [0.25, 0.3) is 5.56 Å². The molecule has 0 saturated carbocycles. The maximum atomic E-state index is 13.8. The number of alkyl halides is 3. The Morgan fingerprint density at radius 2 is 1.68 bits per heavy atom. The second-order valence-corrected chi connectivity index (χ2v) is 7.80. The standard InChI is InChI=1S/C23H23F4N3O/c24-20-5-1-3-16-15-18(28-22(31)21(16)20)4-2-10-29-11-13-30(14-12-29)19-8-6-17(7-9-19)23(25,26)27/h1,3,5-9,15H,2,4,10-14H2,(H,28,31). The molecular weight excluding hydrogens is 410 g/mol. The van der Waals surface area contributed by atoms with Gasteiger partial charge in [-0.2, -0.15) is 13.2 Å². The third-order valence-corrected chi connectivity index (χ3v) is 5.73. The minimum atomic E-state index is -4.32. The van der Waals surface area contributed by atoms with Crippen LogP contribution in [0.1, 0.15) is 17.7 Å². The van der Waals surface area contributed by atoms with Crippen LogP contribution in [0.15, 0.2) is 53.3 Å². The molecule has 4 nitrogen and oxygen atoms in total. The summed E-state index contributed by atoms with van der Waals surface area (Å²) in [7, 11) is 0. The SMILES string of the molecule is O=c1[nH]c(CCCN2CCN(c3ccc(C(F)(F)F)cc3)CC2)cc2cccc(F)c12. The molecule has 1 aliphatic rings. The van der Waals surface area contributed by atoms with Crippen LogP contribution in [0.2, 0.25) is 0 Å². The first-order chi connectivity index (χ1) is 14.8. The normalized spacial score (nSPS) is 15.5. The smallest absolute Gasteiger partial charge is 0.369 e. The lowest BCUT2D eigenvalue weighted by Gasteiger charge is -2.36. The van der Waals surface area contributed by atoms with Gasteiger partial charge in [-0.05, 0) is 61.2 Å². The number of hydrogen-bond donors (Lipinski definition) is 1. The molecule has 0 amide bonds. The van der Waals surface area contributed by atoms with Crippen LogP contribution < -0.4 is 10.5 Å². The highest BCUT2D eigenvalue weighted by atomic mass is 19.4. The molecule has 1 aliphatic heterocycles. The lowest BCUT2D eigenvalue weighted by atomic mass is 10.1. The van der Waals surface area contributed by atoms with Crippen molar-refractivity contribution in [2.75, 3.05) is 37.6 Å². The summed E-state index contributed by atoms with van der Waals surface area (Å²) in [6.07, 6.45) is -2.79. The Kier molecular flexibility index (Phi) is 6.00. The highest BCUT2D eigenvalue weighted by Gasteiger charge is 2.30. The second-order valence-electron chi connectivity index (χ2n) is 7.80. The van der Waals surface area contributed by atoms with Crippen LogP contribution >= 0.6 is 0 Å². The molecular formula is C23H23F4N3O. The van der Waals surface area contributed by atoms with Gasteiger partial charge in [-0.3, -0.25) is 9.69 Å². The average Bonchev–Trinajstić information content (AvgIpc) is 2.74. The van der Waals surface area contributed by atoms with E-state index in [2.05, 4.69) is 14.8 Å². The van der Waals surface area contributed by atoms with E-state index < -0.39 is 23.1 Å². The van der Waals surface area contributed by atoms with Crippen molar-refractivity contribution in [3.8, 4) is 0 Å². The zero-order chi connectivity index (χ0) is 22.0. The topological polar surface area (TPSA) is 39.3 Å². The van der Waals surface area contributed by atoms with E-state index in [1.807, 2.05) is 6.07 Å². The quantitative estimate of drug-likeness (QED) is 0.605. The third kappa shape index (κ3) is 4.90. The molecule has 3 aromatic rings. The minimum absolute atomic E-state index is 0.0886. The van der Waals surface area contributed by atoms with E-state index in [9.17, 15) is 22.4 Å². The highest BCUT2D eigenvalue weighted by Crippen LogP contribution is 2.30. The van der Waals surface area contributed by atoms with E-state index in [0.29, 0.717) is 11.8 Å². The van der Waals surface area contributed by atoms with E-state index in [1.165, 1.54) is 18.2 Å². The molecule has 8 heteroatoms. The first-order valence-corrected chi connectivity index (χ1v) is 10.3. The number of nitrogens with one attached hydrogen (secondary N) is 1. The average molecular weight is 433 g/mol. The summed E-state index contributed by atoms with van der Waals surface area (Å²) in [5.74, 6) is -0.517. The van der Waals surface area contributed by atoms with Crippen LogP contribution in [0.3, 0.4) is 0 Å². The summed E-state index contributed by atoms with van der Waals surface area (Å²) in [5.41, 5.74) is 0.542. The second kappa shape index (κ2) is 8.70. The predicted octanol–water partition coefficient (Wildman–Crippen LogP) is 4.44. The molecule has 31 heavy (non-hydrogen) atoms. The summed E-state index contributed by atoms with van der Waals surface area (Å²) < 4.78 is 52.0. The van der Waals surface area contributed by atoms with Gasteiger partial charge >= 0.3 is 6.18 Å². The Hall–Kier alpha value is -2.87. The highest BCUT2D eigenvalue weighted by molar-refractivity contribution is 5.82. The number of anilines is 1. The first kappa shape index (κ1) is 21.4. The summed E-state index contributed by atoms with van der Waals surface area (Å²) in [6.45, 7) is 3.99. The number of nitrogens with zero attached hydrogens (tertiary/aromatic N) is 2. The van der Waals surface area contributed by atoms with Gasteiger partial charge in [0.1, 0.15) is 5.82 Å². The zero-order valence-corrected chi connectivity index (χ0v) is 16.9. The number of pyridine rings is 1. The number of aromatic amines is 1. The summed E-state index contributed by atoms with van der Waals surface area (Å²) >= 11 is 0. The van der Waals surface area contributed by atoms with Gasteiger partial charge in [-0.1, -0.05) is 12.1 Å². The van der Waals surface area contributed by atoms with E-state index in [0.717, 1.165) is 62.7 Å². The van der Waals surface area contributed by atoms with Gasteiger partial charge in [-0.15, -0.1) is 0 Å². The van der Waals surface area contributed by atoms with Gasteiger partial charge in [0.05, 0.1) is 10.9 Å². The van der Waals surface area contributed by atoms with Crippen LogP contribution in [0.4, 0.5) is 23.2 Å². The maximum absolute atomic E-state index is 13.8. The van der Waals surface area contributed by atoms with Crippen molar-refractivity contribution in [3.05, 3.63) is 76.0 Å². The molecule has 0 bridgehead atoms. The molecule has 1 N–H and O–H groups in total. The first-order valence-electron chi connectivity index (χ1n) is 10.3. The van der Waals surface area contributed by atoms with Crippen LogP contribution in [-0.4, -0.2) is 42.6 Å². The molecule has 1 aromatic heterocycles. The van der Waals surface area contributed by atoms with Crippen molar-refractivity contribution in [3.63, 3.8) is 0 Å². The van der Waals surface area contributed by atoms with Crippen molar-refractivity contribution in [2.45, 2.75) is 19.0 Å². The predicted molar refractivity (Wildman–Crippen MR) is 113 cm³/mol. The lowest BCUT2D eigenvalue weighted by molar-refractivity contribution is -0.137. The van der Waals surface area contributed by atoms with Gasteiger partial charge in [0.2, 0.25) is 0 Å². The van der Waals surface area contributed by atoms with Crippen molar-refractivity contribution >= 4 is 16.5 Å². The summed E-state index contributed by atoms with van der Waals surface area (Å²) in [4.78, 5) is 19.3. The number of benzene rings is 2. The Morgan fingerprint density at radius 3 is 2.35 bits per heavy atom. The van der Waals surface area contributed by atoms with E-state index >= 15 is 0 Å². The minimum Gasteiger partial charge on any atom is -0.369 e. The van der Waals surface area contributed by atoms with Crippen LogP contribution in [0, 0.1) is 5.82 Å². The van der Waals surface area contributed by atoms with E-state index in [-0.39, 0.29) is 5.39 Å². The molecule has 2 heterocycles. The van der Waals surface area contributed by atoms with Gasteiger partial charge in [0.15, 0.2) is 0 Å². The summed E-state index contributed by atoms with van der Waals surface area (Å²) in [5, 5.41) is 0.689. The number of rotatable bonds is 5. The Bertz CT molecular complexity index is 1100. The number of H-pyrrole nitrogens is 1.